The van der Waals surface area contributed by atoms with E-state index in [0.717, 1.165) is 63.7 Å². The number of methoxy groups -OCH3 is 1. The Labute approximate surface area is 171 Å². The summed E-state index contributed by atoms with van der Waals surface area (Å²) >= 11 is 0. The van der Waals surface area contributed by atoms with E-state index < -0.39 is 0 Å². The fourth-order valence-corrected chi connectivity index (χ4v) is 3.99. The van der Waals surface area contributed by atoms with E-state index in [0.29, 0.717) is 17.5 Å². The van der Waals surface area contributed by atoms with E-state index in [-0.39, 0.29) is 6.61 Å². The van der Waals surface area contributed by atoms with Crippen LogP contribution in [0.4, 0.5) is 17.2 Å². The Morgan fingerprint density at radius 3 is 2.83 bits per heavy atom. The molecule has 2 aliphatic rings. The number of aliphatic hydroxyl groups excluding tert-OH is 1. The summed E-state index contributed by atoms with van der Waals surface area (Å²) in [7, 11) is 1.60. The highest BCUT2D eigenvalue weighted by Gasteiger charge is 2.22. The predicted octanol–water partition coefficient (Wildman–Crippen LogP) is 1.90. The average molecular weight is 399 g/mol. The number of nitrogens with one attached hydrogen (secondary N) is 1. The van der Waals surface area contributed by atoms with Crippen molar-refractivity contribution in [2.24, 2.45) is 0 Å². The minimum absolute atomic E-state index is 0.126. The molecular weight excluding hydrogens is 370 g/mol. The SMILES string of the molecule is COc1cc(N2CCC[C@@H](Nc3cc(N4CCOCC4)ccn3)C2)cnc1CO. The summed E-state index contributed by atoms with van der Waals surface area (Å²) in [5.41, 5.74) is 2.76. The summed E-state index contributed by atoms with van der Waals surface area (Å²) in [4.78, 5) is 13.5. The second-order valence-electron chi connectivity index (χ2n) is 7.43. The zero-order valence-electron chi connectivity index (χ0n) is 16.9. The molecule has 2 N–H and O–H groups in total. The van der Waals surface area contributed by atoms with Gasteiger partial charge in [0, 0.05) is 56.2 Å². The molecule has 2 fully saturated rings. The first-order valence-electron chi connectivity index (χ1n) is 10.2. The first-order valence-corrected chi connectivity index (χ1v) is 10.2. The first kappa shape index (κ1) is 19.7. The minimum atomic E-state index is -0.126. The van der Waals surface area contributed by atoms with Gasteiger partial charge in [-0.25, -0.2) is 4.98 Å². The molecule has 4 rings (SSSR count). The molecule has 29 heavy (non-hydrogen) atoms. The van der Waals surface area contributed by atoms with E-state index in [2.05, 4.69) is 37.2 Å². The number of rotatable bonds is 6. The third kappa shape index (κ3) is 4.71. The largest absolute Gasteiger partial charge is 0.495 e. The molecule has 156 valence electrons. The van der Waals surface area contributed by atoms with Gasteiger partial charge in [-0.15, -0.1) is 0 Å². The molecule has 2 aromatic heterocycles. The number of hydrogen-bond donors (Lipinski definition) is 2. The molecule has 8 nitrogen and oxygen atoms in total. The Balaban J connectivity index is 1.43. The van der Waals surface area contributed by atoms with Crippen molar-refractivity contribution in [2.45, 2.75) is 25.5 Å². The van der Waals surface area contributed by atoms with Gasteiger partial charge in [0.05, 0.1) is 38.8 Å². The van der Waals surface area contributed by atoms with Crippen molar-refractivity contribution in [2.75, 3.05) is 61.6 Å². The normalized spacial score (nSPS) is 19.9. The zero-order valence-corrected chi connectivity index (χ0v) is 16.9. The predicted molar refractivity (Wildman–Crippen MR) is 113 cm³/mol. The maximum Gasteiger partial charge on any atom is 0.144 e. The van der Waals surface area contributed by atoms with Crippen molar-refractivity contribution in [3.8, 4) is 5.75 Å². The molecule has 1 atom stereocenters. The van der Waals surface area contributed by atoms with Crippen LogP contribution < -0.4 is 19.9 Å². The van der Waals surface area contributed by atoms with Gasteiger partial charge in [0.1, 0.15) is 17.3 Å². The van der Waals surface area contributed by atoms with Crippen LogP contribution in [0.25, 0.3) is 0 Å². The van der Waals surface area contributed by atoms with Gasteiger partial charge in [-0.05, 0) is 18.9 Å². The van der Waals surface area contributed by atoms with Gasteiger partial charge in [-0.2, -0.15) is 0 Å². The summed E-state index contributed by atoms with van der Waals surface area (Å²) < 4.78 is 10.8. The fourth-order valence-electron chi connectivity index (χ4n) is 3.99. The molecule has 0 bridgehead atoms. The summed E-state index contributed by atoms with van der Waals surface area (Å²) in [5.74, 6) is 1.53. The summed E-state index contributed by atoms with van der Waals surface area (Å²) in [6.45, 7) is 5.09. The number of hydrogen-bond acceptors (Lipinski definition) is 8. The monoisotopic (exact) mass is 399 g/mol. The lowest BCUT2D eigenvalue weighted by atomic mass is 10.0. The topological polar surface area (TPSA) is 83.0 Å². The molecule has 2 aromatic rings. The van der Waals surface area contributed by atoms with Crippen LogP contribution in [-0.4, -0.2) is 67.6 Å². The zero-order chi connectivity index (χ0) is 20.1. The number of piperidine rings is 1. The maximum atomic E-state index is 9.39. The van der Waals surface area contributed by atoms with Gasteiger partial charge in [-0.3, -0.25) is 4.98 Å². The van der Waals surface area contributed by atoms with Crippen molar-refractivity contribution < 1.29 is 14.6 Å². The Morgan fingerprint density at radius 2 is 2.03 bits per heavy atom. The number of anilines is 3. The van der Waals surface area contributed by atoms with Crippen LogP contribution in [0.1, 0.15) is 18.5 Å². The van der Waals surface area contributed by atoms with E-state index >= 15 is 0 Å². The molecule has 2 aliphatic heterocycles. The lowest BCUT2D eigenvalue weighted by Crippen LogP contribution is -2.42. The van der Waals surface area contributed by atoms with Gasteiger partial charge >= 0.3 is 0 Å². The second kappa shape index (κ2) is 9.28. The van der Waals surface area contributed by atoms with Gasteiger partial charge < -0.3 is 29.7 Å². The van der Waals surface area contributed by atoms with Crippen molar-refractivity contribution in [3.63, 3.8) is 0 Å². The minimum Gasteiger partial charge on any atom is -0.495 e. The summed E-state index contributed by atoms with van der Waals surface area (Å²) in [6.07, 6.45) is 5.87. The van der Waals surface area contributed by atoms with Crippen LogP contribution in [0.3, 0.4) is 0 Å². The molecule has 0 unspecified atom stereocenters. The van der Waals surface area contributed by atoms with Gasteiger partial charge in [0.2, 0.25) is 0 Å². The molecule has 4 heterocycles. The molecular formula is C21H29N5O3. The van der Waals surface area contributed by atoms with Crippen LogP contribution in [0.15, 0.2) is 30.6 Å². The number of nitrogens with zero attached hydrogens (tertiary/aromatic N) is 4. The number of aliphatic hydroxyl groups is 1. The van der Waals surface area contributed by atoms with Crippen LogP contribution >= 0.6 is 0 Å². The highest BCUT2D eigenvalue weighted by molar-refractivity contribution is 5.55. The van der Waals surface area contributed by atoms with Crippen LogP contribution in [-0.2, 0) is 11.3 Å². The Bertz CT molecular complexity index is 813. The highest BCUT2D eigenvalue weighted by Crippen LogP contribution is 2.27. The smallest absolute Gasteiger partial charge is 0.144 e. The van der Waals surface area contributed by atoms with E-state index in [4.69, 9.17) is 9.47 Å². The van der Waals surface area contributed by atoms with Crippen LogP contribution in [0, 0.1) is 0 Å². The number of pyridine rings is 2. The second-order valence-corrected chi connectivity index (χ2v) is 7.43. The van der Waals surface area contributed by atoms with Crippen molar-refractivity contribution in [1.82, 2.24) is 9.97 Å². The lowest BCUT2D eigenvalue weighted by molar-refractivity contribution is 0.122. The Hall–Kier alpha value is -2.58. The van der Waals surface area contributed by atoms with Crippen molar-refractivity contribution in [3.05, 3.63) is 36.3 Å². The molecule has 0 spiro atoms. The van der Waals surface area contributed by atoms with Gasteiger partial charge in [0.15, 0.2) is 0 Å². The lowest BCUT2D eigenvalue weighted by Gasteiger charge is -2.35. The van der Waals surface area contributed by atoms with Crippen molar-refractivity contribution in [1.29, 1.82) is 0 Å². The third-order valence-corrected chi connectivity index (χ3v) is 5.54. The molecule has 0 aliphatic carbocycles. The average Bonchev–Trinajstić information content (AvgIpc) is 2.79. The highest BCUT2D eigenvalue weighted by atomic mass is 16.5. The van der Waals surface area contributed by atoms with Crippen LogP contribution in [0.5, 0.6) is 5.75 Å². The molecule has 8 heteroatoms. The van der Waals surface area contributed by atoms with Crippen molar-refractivity contribution >= 4 is 17.2 Å². The van der Waals surface area contributed by atoms with Gasteiger partial charge in [-0.1, -0.05) is 0 Å². The Kier molecular flexibility index (Phi) is 6.31. The molecule has 0 saturated carbocycles. The van der Waals surface area contributed by atoms with E-state index in [1.807, 2.05) is 18.5 Å². The van der Waals surface area contributed by atoms with Gasteiger partial charge in [0.25, 0.3) is 0 Å². The summed E-state index contributed by atoms with van der Waals surface area (Å²) in [5, 5.41) is 13.0. The van der Waals surface area contributed by atoms with E-state index in [1.165, 1.54) is 5.69 Å². The molecule has 0 aromatic carbocycles. The third-order valence-electron chi connectivity index (χ3n) is 5.54. The summed E-state index contributed by atoms with van der Waals surface area (Å²) in [6, 6.07) is 6.45. The van der Waals surface area contributed by atoms with E-state index in [1.54, 1.807) is 7.11 Å². The molecule has 0 amide bonds. The Morgan fingerprint density at radius 1 is 1.17 bits per heavy atom. The number of aromatic nitrogens is 2. The molecule has 2 saturated heterocycles. The molecule has 0 radical (unpaired) electrons. The van der Waals surface area contributed by atoms with E-state index in [9.17, 15) is 5.11 Å². The number of morpholine rings is 1. The maximum absolute atomic E-state index is 9.39. The first-order chi connectivity index (χ1) is 14.3. The standard InChI is InChI=1S/C21H29N5O3/c1-28-20-11-18(13-23-19(20)15-27)26-6-2-3-16(14-26)24-21-12-17(4-5-22-21)25-7-9-29-10-8-25/h4-5,11-13,16,27H,2-3,6-10,14-15H2,1H3,(H,22,24)/t16-/m1/s1. The quantitative estimate of drug-likeness (QED) is 0.762. The number of ether oxygens (including phenoxy) is 2. The fraction of sp³-hybridized carbons (Fsp3) is 0.524. The van der Waals surface area contributed by atoms with Crippen LogP contribution in [0.2, 0.25) is 0 Å².